The molecule has 0 aromatic heterocycles. The highest BCUT2D eigenvalue weighted by Crippen LogP contribution is 2.01. The van der Waals surface area contributed by atoms with Crippen molar-refractivity contribution < 1.29 is 4.79 Å². The summed E-state index contributed by atoms with van der Waals surface area (Å²) in [6, 6.07) is -0.00771. The summed E-state index contributed by atoms with van der Waals surface area (Å²) >= 11 is 0. The molecular weight excluding hydrogens is 176 g/mol. The van der Waals surface area contributed by atoms with Gasteiger partial charge in [0.15, 0.2) is 0 Å². The minimum Gasteiger partial charge on any atom is -0.339 e. The zero-order valence-corrected chi connectivity index (χ0v) is 9.33. The largest absolute Gasteiger partial charge is 0.339 e. The first-order valence-electron chi connectivity index (χ1n) is 5.29. The van der Waals surface area contributed by atoms with Crippen molar-refractivity contribution in [3.8, 4) is 0 Å². The third-order valence-corrected chi connectivity index (χ3v) is 2.16. The van der Waals surface area contributed by atoms with E-state index in [4.69, 9.17) is 5.73 Å². The first-order chi connectivity index (χ1) is 6.65. The Labute approximate surface area is 87.0 Å². The van der Waals surface area contributed by atoms with E-state index < -0.39 is 0 Å². The van der Waals surface area contributed by atoms with Gasteiger partial charge in [-0.1, -0.05) is 19.9 Å². The van der Waals surface area contributed by atoms with E-state index >= 15 is 0 Å². The molecule has 0 radical (unpaired) electrons. The first-order valence-corrected chi connectivity index (χ1v) is 5.29. The van der Waals surface area contributed by atoms with Crippen molar-refractivity contribution in [2.45, 2.75) is 39.2 Å². The highest BCUT2D eigenvalue weighted by molar-refractivity contribution is 5.76. The van der Waals surface area contributed by atoms with Crippen LogP contribution in [-0.2, 0) is 4.79 Å². The van der Waals surface area contributed by atoms with Crippen molar-refractivity contribution in [3.05, 3.63) is 12.7 Å². The molecule has 0 fully saturated rings. The van der Waals surface area contributed by atoms with E-state index in [0.717, 1.165) is 19.4 Å². The molecule has 1 atom stereocenters. The Kier molecular flexibility index (Phi) is 7.11. The van der Waals surface area contributed by atoms with Crippen LogP contribution in [0, 0.1) is 0 Å². The molecular formula is C11H22N2O. The fraction of sp³-hybridized carbons (Fsp3) is 0.727. The molecule has 0 aliphatic heterocycles. The Bertz CT molecular complexity index is 180. The van der Waals surface area contributed by atoms with Crippen LogP contribution in [0.3, 0.4) is 0 Å². The van der Waals surface area contributed by atoms with Crippen molar-refractivity contribution in [1.29, 1.82) is 0 Å². The number of amides is 1. The molecule has 0 saturated heterocycles. The van der Waals surface area contributed by atoms with Gasteiger partial charge in [0.1, 0.15) is 0 Å². The van der Waals surface area contributed by atoms with E-state index in [1.807, 2.05) is 11.8 Å². The second-order valence-corrected chi connectivity index (χ2v) is 3.50. The third-order valence-electron chi connectivity index (χ3n) is 2.16. The topological polar surface area (TPSA) is 46.3 Å². The molecule has 1 amide bonds. The summed E-state index contributed by atoms with van der Waals surface area (Å²) in [5.74, 6) is 0.140. The molecule has 0 aliphatic rings. The Morgan fingerprint density at radius 3 is 2.64 bits per heavy atom. The van der Waals surface area contributed by atoms with Crippen molar-refractivity contribution in [3.63, 3.8) is 0 Å². The van der Waals surface area contributed by atoms with Crippen molar-refractivity contribution in [1.82, 2.24) is 4.90 Å². The van der Waals surface area contributed by atoms with Crippen molar-refractivity contribution >= 4 is 5.91 Å². The van der Waals surface area contributed by atoms with Crippen LogP contribution in [0.2, 0.25) is 0 Å². The number of carbonyl (C=O) groups is 1. The molecule has 0 rings (SSSR count). The normalized spacial score (nSPS) is 12.2. The molecule has 2 N–H and O–H groups in total. The van der Waals surface area contributed by atoms with Gasteiger partial charge in [0.05, 0.1) is 0 Å². The maximum absolute atomic E-state index is 11.7. The average molecular weight is 198 g/mol. The van der Waals surface area contributed by atoms with Gasteiger partial charge in [-0.25, -0.2) is 0 Å². The van der Waals surface area contributed by atoms with Crippen molar-refractivity contribution in [2.75, 3.05) is 13.1 Å². The van der Waals surface area contributed by atoms with Crippen LogP contribution in [0.1, 0.15) is 33.1 Å². The van der Waals surface area contributed by atoms with E-state index in [1.165, 1.54) is 0 Å². The average Bonchev–Trinajstić information content (AvgIpc) is 2.17. The molecule has 0 aromatic rings. The number of nitrogens with zero attached hydrogens (tertiary/aromatic N) is 1. The van der Waals surface area contributed by atoms with Crippen molar-refractivity contribution in [2.24, 2.45) is 5.73 Å². The Balaban J connectivity index is 4.06. The van der Waals surface area contributed by atoms with Gasteiger partial charge >= 0.3 is 0 Å². The highest BCUT2D eigenvalue weighted by atomic mass is 16.2. The van der Waals surface area contributed by atoms with Gasteiger partial charge in [0.25, 0.3) is 0 Å². The number of hydrogen-bond acceptors (Lipinski definition) is 2. The van der Waals surface area contributed by atoms with E-state index in [1.54, 1.807) is 6.08 Å². The molecule has 1 unspecified atom stereocenters. The maximum Gasteiger partial charge on any atom is 0.224 e. The Morgan fingerprint density at radius 1 is 1.57 bits per heavy atom. The number of rotatable bonds is 7. The molecule has 3 heteroatoms. The zero-order valence-electron chi connectivity index (χ0n) is 9.33. The predicted molar refractivity (Wildman–Crippen MR) is 60.0 cm³/mol. The van der Waals surface area contributed by atoms with Gasteiger partial charge < -0.3 is 10.6 Å². The zero-order chi connectivity index (χ0) is 11.0. The second kappa shape index (κ2) is 7.56. The lowest BCUT2D eigenvalue weighted by Crippen LogP contribution is -2.36. The number of hydrogen-bond donors (Lipinski definition) is 1. The smallest absolute Gasteiger partial charge is 0.224 e. The fourth-order valence-electron chi connectivity index (χ4n) is 1.24. The maximum atomic E-state index is 11.7. The number of carbonyl (C=O) groups excluding carboxylic acids is 1. The third kappa shape index (κ3) is 5.02. The quantitative estimate of drug-likeness (QED) is 0.631. The minimum atomic E-state index is -0.00771. The van der Waals surface area contributed by atoms with Crippen LogP contribution in [-0.4, -0.2) is 29.9 Å². The standard InChI is InChI=1S/C11H22N2O/c1-4-7-13(8-5-2)11(14)9-10(12)6-3/h4,10H,1,5-9,12H2,2-3H3. The van der Waals surface area contributed by atoms with Gasteiger partial charge in [-0.2, -0.15) is 0 Å². The molecule has 14 heavy (non-hydrogen) atoms. The minimum absolute atomic E-state index is 0.00771. The van der Waals surface area contributed by atoms with E-state index in [0.29, 0.717) is 13.0 Å². The Hall–Kier alpha value is -0.830. The van der Waals surface area contributed by atoms with E-state index in [2.05, 4.69) is 13.5 Å². The van der Waals surface area contributed by atoms with Gasteiger partial charge in [0.2, 0.25) is 5.91 Å². The summed E-state index contributed by atoms with van der Waals surface area (Å²) in [7, 11) is 0. The Morgan fingerprint density at radius 2 is 2.21 bits per heavy atom. The van der Waals surface area contributed by atoms with Gasteiger partial charge in [-0.15, -0.1) is 6.58 Å². The molecule has 0 heterocycles. The highest BCUT2D eigenvalue weighted by Gasteiger charge is 2.13. The molecule has 3 nitrogen and oxygen atoms in total. The SMILES string of the molecule is C=CCN(CCC)C(=O)CC(N)CC. The summed E-state index contributed by atoms with van der Waals surface area (Å²) in [4.78, 5) is 13.5. The lowest BCUT2D eigenvalue weighted by molar-refractivity contribution is -0.131. The van der Waals surface area contributed by atoms with Crippen LogP contribution in [0.4, 0.5) is 0 Å². The lowest BCUT2D eigenvalue weighted by atomic mass is 10.1. The second-order valence-electron chi connectivity index (χ2n) is 3.50. The van der Waals surface area contributed by atoms with Gasteiger partial charge in [0, 0.05) is 25.6 Å². The summed E-state index contributed by atoms with van der Waals surface area (Å²) in [5, 5.41) is 0. The first kappa shape index (κ1) is 13.2. The van der Waals surface area contributed by atoms with Crippen LogP contribution in [0.5, 0.6) is 0 Å². The summed E-state index contributed by atoms with van der Waals surface area (Å²) in [5.41, 5.74) is 5.73. The molecule has 0 saturated carbocycles. The van der Waals surface area contributed by atoms with E-state index in [9.17, 15) is 4.79 Å². The predicted octanol–water partition coefficient (Wildman–Crippen LogP) is 1.54. The monoisotopic (exact) mass is 198 g/mol. The van der Waals surface area contributed by atoms with Crippen LogP contribution in [0.15, 0.2) is 12.7 Å². The fourth-order valence-corrected chi connectivity index (χ4v) is 1.24. The van der Waals surface area contributed by atoms with E-state index in [-0.39, 0.29) is 11.9 Å². The van der Waals surface area contributed by atoms with Crippen LogP contribution < -0.4 is 5.73 Å². The summed E-state index contributed by atoms with van der Waals surface area (Å²) in [6.45, 7) is 9.11. The van der Waals surface area contributed by atoms with Crippen LogP contribution in [0.25, 0.3) is 0 Å². The molecule has 82 valence electrons. The summed E-state index contributed by atoms with van der Waals surface area (Å²) in [6.07, 6.45) is 4.02. The molecule has 0 bridgehead atoms. The van der Waals surface area contributed by atoms with Crippen LogP contribution >= 0.6 is 0 Å². The lowest BCUT2D eigenvalue weighted by Gasteiger charge is -2.21. The van der Waals surface area contributed by atoms with Gasteiger partial charge in [-0.05, 0) is 12.8 Å². The summed E-state index contributed by atoms with van der Waals surface area (Å²) < 4.78 is 0. The number of nitrogens with two attached hydrogens (primary N) is 1. The van der Waals surface area contributed by atoms with Gasteiger partial charge in [-0.3, -0.25) is 4.79 Å². The molecule has 0 aromatic carbocycles. The molecule has 0 spiro atoms. The molecule has 0 aliphatic carbocycles.